The fourth-order valence-electron chi connectivity index (χ4n) is 3.81. The molecule has 0 radical (unpaired) electrons. The lowest BCUT2D eigenvalue weighted by Crippen LogP contribution is -2.14. The maximum absolute atomic E-state index is 13.8. The average Bonchev–Trinajstić information content (AvgIpc) is 3.40. The summed E-state index contributed by atoms with van der Waals surface area (Å²) in [5.41, 5.74) is 2.71. The lowest BCUT2D eigenvalue weighted by molar-refractivity contribution is 0.344. The first-order chi connectivity index (χ1) is 15.8. The van der Waals surface area contributed by atoms with Crippen LogP contribution < -0.4 is 9.47 Å². The van der Waals surface area contributed by atoms with E-state index in [1.807, 2.05) is 6.92 Å². The number of halogens is 1. The summed E-state index contributed by atoms with van der Waals surface area (Å²) in [7, 11) is -0.990. The van der Waals surface area contributed by atoms with Gasteiger partial charge < -0.3 is 14.5 Å². The standard InChI is InChI=1S/C23H19ClN4O4S/c1-13-4-6-14(7-5-13)33(29,30)28-19(10-16-18(24)8-9-25-22(16)28)17-12-26-21-15(17)11-20(31-2)23(27-21)32-3/h4-12H,1-3H3,(H,26,27). The second kappa shape index (κ2) is 7.79. The summed E-state index contributed by atoms with van der Waals surface area (Å²) in [5, 5.41) is 1.58. The molecule has 0 aliphatic carbocycles. The maximum Gasteiger partial charge on any atom is 0.269 e. The summed E-state index contributed by atoms with van der Waals surface area (Å²) in [4.78, 5) is 12.0. The Kier molecular flexibility index (Phi) is 5.02. The van der Waals surface area contributed by atoms with E-state index in [9.17, 15) is 8.42 Å². The molecule has 10 heteroatoms. The van der Waals surface area contributed by atoms with Crippen molar-refractivity contribution in [1.29, 1.82) is 0 Å². The smallest absolute Gasteiger partial charge is 0.269 e. The normalized spacial score (nSPS) is 11.9. The fraction of sp³-hybridized carbons (Fsp3) is 0.130. The van der Waals surface area contributed by atoms with E-state index in [-0.39, 0.29) is 10.5 Å². The number of aromatic amines is 1. The molecule has 1 N–H and O–H groups in total. The third-order valence-electron chi connectivity index (χ3n) is 5.45. The molecule has 0 atom stereocenters. The van der Waals surface area contributed by atoms with Crippen LogP contribution in [-0.2, 0) is 10.0 Å². The third-order valence-corrected chi connectivity index (χ3v) is 7.50. The summed E-state index contributed by atoms with van der Waals surface area (Å²) in [5.74, 6) is 0.738. The predicted octanol–water partition coefficient (Wildman–Crippen LogP) is 4.80. The Morgan fingerprint density at radius 2 is 1.79 bits per heavy atom. The SMILES string of the molecule is COc1cc2c(-c3cc4c(Cl)ccnc4n3S(=O)(=O)c3ccc(C)cc3)c[nH]c2nc1OC. The molecule has 0 saturated carbocycles. The highest BCUT2D eigenvalue weighted by molar-refractivity contribution is 7.90. The zero-order valence-electron chi connectivity index (χ0n) is 18.0. The van der Waals surface area contributed by atoms with Gasteiger partial charge in [0.15, 0.2) is 11.4 Å². The number of hydrogen-bond acceptors (Lipinski definition) is 6. The number of aryl methyl sites for hydroxylation is 1. The summed E-state index contributed by atoms with van der Waals surface area (Å²) >= 11 is 6.42. The van der Waals surface area contributed by atoms with Crippen LogP contribution in [0.15, 0.2) is 59.8 Å². The van der Waals surface area contributed by atoms with E-state index < -0.39 is 10.0 Å². The number of pyridine rings is 2. The number of ether oxygens (including phenoxy) is 2. The van der Waals surface area contributed by atoms with E-state index in [0.717, 1.165) is 5.56 Å². The largest absolute Gasteiger partial charge is 0.491 e. The number of benzene rings is 1. The van der Waals surface area contributed by atoms with Crippen LogP contribution in [0.4, 0.5) is 0 Å². The highest BCUT2D eigenvalue weighted by atomic mass is 35.5. The Balaban J connectivity index is 1.85. The van der Waals surface area contributed by atoms with Crippen LogP contribution in [0.5, 0.6) is 11.6 Å². The number of fused-ring (bicyclic) bond motifs is 2. The Hall–Kier alpha value is -3.56. The van der Waals surface area contributed by atoms with Gasteiger partial charge in [-0.2, -0.15) is 4.98 Å². The first-order valence-corrected chi connectivity index (χ1v) is 11.8. The highest BCUT2D eigenvalue weighted by Crippen LogP contribution is 2.39. The Morgan fingerprint density at radius 3 is 2.48 bits per heavy atom. The number of hydrogen-bond donors (Lipinski definition) is 1. The number of H-pyrrole nitrogens is 1. The second-order valence-electron chi connectivity index (χ2n) is 7.44. The summed E-state index contributed by atoms with van der Waals surface area (Å²) < 4.78 is 39.5. The molecule has 33 heavy (non-hydrogen) atoms. The number of nitrogens with zero attached hydrogens (tertiary/aromatic N) is 3. The quantitative estimate of drug-likeness (QED) is 0.386. The minimum absolute atomic E-state index is 0.144. The molecule has 0 unspecified atom stereocenters. The molecule has 0 aliphatic heterocycles. The molecule has 168 valence electrons. The molecule has 0 aliphatic rings. The van der Waals surface area contributed by atoms with Crippen molar-refractivity contribution in [3.05, 3.63) is 65.4 Å². The van der Waals surface area contributed by atoms with Gasteiger partial charge in [0.2, 0.25) is 0 Å². The monoisotopic (exact) mass is 482 g/mol. The van der Waals surface area contributed by atoms with Crippen molar-refractivity contribution >= 4 is 43.7 Å². The summed E-state index contributed by atoms with van der Waals surface area (Å²) in [6, 6.07) is 11.8. The summed E-state index contributed by atoms with van der Waals surface area (Å²) in [6.45, 7) is 1.90. The Bertz CT molecular complexity index is 1620. The first kappa shape index (κ1) is 21.3. The molecule has 5 rings (SSSR count). The van der Waals surface area contributed by atoms with Crippen LogP contribution in [0.25, 0.3) is 33.3 Å². The first-order valence-electron chi connectivity index (χ1n) is 9.94. The molecule has 1 aromatic carbocycles. The van der Waals surface area contributed by atoms with Gasteiger partial charge in [0, 0.05) is 28.7 Å². The van der Waals surface area contributed by atoms with Gasteiger partial charge in [0.05, 0.1) is 29.8 Å². The van der Waals surface area contributed by atoms with Crippen LogP contribution in [0, 0.1) is 6.92 Å². The van der Waals surface area contributed by atoms with Crippen LogP contribution in [0.1, 0.15) is 5.56 Å². The average molecular weight is 483 g/mol. The van der Waals surface area contributed by atoms with Crippen LogP contribution in [0.3, 0.4) is 0 Å². The van der Waals surface area contributed by atoms with Gasteiger partial charge in [0.25, 0.3) is 15.9 Å². The summed E-state index contributed by atoms with van der Waals surface area (Å²) in [6.07, 6.45) is 3.18. The van der Waals surface area contributed by atoms with Gasteiger partial charge in [-0.15, -0.1) is 0 Å². The van der Waals surface area contributed by atoms with Crippen LogP contribution in [-0.4, -0.2) is 41.6 Å². The molecule has 4 heterocycles. The van der Waals surface area contributed by atoms with E-state index in [2.05, 4.69) is 15.0 Å². The van der Waals surface area contributed by atoms with Crippen molar-refractivity contribution in [2.45, 2.75) is 11.8 Å². The van der Waals surface area contributed by atoms with Gasteiger partial charge in [-0.1, -0.05) is 29.3 Å². The number of nitrogens with one attached hydrogen (secondary N) is 1. The van der Waals surface area contributed by atoms with Crippen molar-refractivity contribution in [3.63, 3.8) is 0 Å². The molecule has 0 saturated heterocycles. The topological polar surface area (TPSA) is 99.1 Å². The van der Waals surface area contributed by atoms with Gasteiger partial charge in [-0.3, -0.25) is 0 Å². The maximum atomic E-state index is 13.8. The van der Waals surface area contributed by atoms with Gasteiger partial charge >= 0.3 is 0 Å². The molecule has 0 bridgehead atoms. The molecule has 0 fully saturated rings. The minimum Gasteiger partial charge on any atom is -0.491 e. The minimum atomic E-state index is -4.00. The lowest BCUT2D eigenvalue weighted by atomic mass is 10.1. The van der Waals surface area contributed by atoms with Crippen LogP contribution >= 0.6 is 11.6 Å². The molecular formula is C23H19ClN4O4S. The molecule has 8 nitrogen and oxygen atoms in total. The number of methoxy groups -OCH3 is 2. The number of rotatable bonds is 5. The molecule has 5 aromatic rings. The Labute approximate surface area is 194 Å². The predicted molar refractivity (Wildman–Crippen MR) is 127 cm³/mol. The van der Waals surface area contributed by atoms with E-state index in [1.165, 1.54) is 24.4 Å². The third kappa shape index (κ3) is 3.32. The Morgan fingerprint density at radius 1 is 1.03 bits per heavy atom. The number of aromatic nitrogens is 4. The van der Waals surface area contributed by atoms with Crippen molar-refractivity contribution in [2.75, 3.05) is 14.2 Å². The van der Waals surface area contributed by atoms with Gasteiger partial charge in [-0.25, -0.2) is 17.4 Å². The molecular weight excluding hydrogens is 464 g/mol. The van der Waals surface area contributed by atoms with Crippen molar-refractivity contribution in [1.82, 2.24) is 18.9 Å². The zero-order valence-corrected chi connectivity index (χ0v) is 19.5. The highest BCUT2D eigenvalue weighted by Gasteiger charge is 2.27. The van der Waals surface area contributed by atoms with Gasteiger partial charge in [0.1, 0.15) is 5.65 Å². The van der Waals surface area contributed by atoms with Crippen molar-refractivity contribution in [3.8, 4) is 22.9 Å². The van der Waals surface area contributed by atoms with Crippen LogP contribution in [0.2, 0.25) is 5.02 Å². The van der Waals surface area contributed by atoms with Gasteiger partial charge in [-0.05, 0) is 37.3 Å². The fourth-order valence-corrected chi connectivity index (χ4v) is 5.48. The molecule has 0 amide bonds. The molecule has 4 aromatic heterocycles. The van der Waals surface area contributed by atoms with E-state index in [4.69, 9.17) is 21.1 Å². The van der Waals surface area contributed by atoms with Crippen molar-refractivity contribution < 1.29 is 17.9 Å². The second-order valence-corrected chi connectivity index (χ2v) is 9.63. The van der Waals surface area contributed by atoms with Crippen molar-refractivity contribution in [2.24, 2.45) is 0 Å². The zero-order chi connectivity index (χ0) is 23.3. The van der Waals surface area contributed by atoms with E-state index in [1.54, 1.807) is 48.7 Å². The van der Waals surface area contributed by atoms with E-state index in [0.29, 0.717) is 44.3 Å². The lowest BCUT2D eigenvalue weighted by Gasteiger charge is -2.12. The molecule has 0 spiro atoms. The van der Waals surface area contributed by atoms with E-state index >= 15 is 0 Å².